The maximum absolute atomic E-state index is 12.7. The molecule has 2 heteroatoms. The van der Waals surface area contributed by atoms with Crippen LogP contribution in [0.5, 0.6) is 0 Å². The van der Waals surface area contributed by atoms with E-state index in [1.165, 1.54) is 25.8 Å². The van der Waals surface area contributed by atoms with Crippen LogP contribution in [0, 0.1) is 11.8 Å². The van der Waals surface area contributed by atoms with Crippen molar-refractivity contribution in [2.24, 2.45) is 11.8 Å². The monoisotopic (exact) mass is 199 g/mol. The second kappa shape index (κ2) is 3.80. The van der Waals surface area contributed by atoms with Crippen molar-refractivity contribution in [1.29, 1.82) is 0 Å². The fourth-order valence-electron chi connectivity index (χ4n) is 3.60. The third kappa shape index (κ3) is 1.69. The molecule has 2 aliphatic heterocycles. The number of hydrogen-bond acceptors (Lipinski definition) is 1. The lowest BCUT2D eigenvalue weighted by atomic mass is 9.83. The predicted molar refractivity (Wildman–Crippen MR) is 57.1 cm³/mol. The average molecular weight is 199 g/mol. The highest BCUT2D eigenvalue weighted by molar-refractivity contribution is 5.03. The topological polar surface area (TPSA) is 3.24 Å². The molecule has 0 aromatic carbocycles. The van der Waals surface area contributed by atoms with Crippen molar-refractivity contribution >= 4 is 0 Å². The summed E-state index contributed by atoms with van der Waals surface area (Å²) in [6, 6.07) is 0. The highest BCUT2D eigenvalue weighted by Gasteiger charge is 2.47. The number of hydrogen-bond donors (Lipinski definition) is 0. The van der Waals surface area contributed by atoms with Crippen LogP contribution < -0.4 is 0 Å². The van der Waals surface area contributed by atoms with Crippen LogP contribution in [0.3, 0.4) is 0 Å². The molecule has 0 amide bonds. The summed E-state index contributed by atoms with van der Waals surface area (Å²) in [4.78, 5) is 2.57. The second-order valence-corrected chi connectivity index (χ2v) is 5.60. The van der Waals surface area contributed by atoms with E-state index in [1.807, 2.05) is 0 Å². The lowest BCUT2D eigenvalue weighted by Gasteiger charge is -2.33. The summed E-state index contributed by atoms with van der Waals surface area (Å²) in [5, 5.41) is 0. The van der Waals surface area contributed by atoms with Gasteiger partial charge in [0.1, 0.15) is 0 Å². The quantitative estimate of drug-likeness (QED) is 0.675. The summed E-state index contributed by atoms with van der Waals surface area (Å²) < 4.78 is 12.7. The molecule has 0 unspecified atom stereocenters. The smallest absolute Gasteiger partial charge is 0.0935 e. The van der Waals surface area contributed by atoms with Crippen LogP contribution >= 0.6 is 0 Å². The molecular weight excluding hydrogens is 177 g/mol. The Morgan fingerprint density at radius 2 is 2.29 bits per heavy atom. The van der Waals surface area contributed by atoms with Crippen LogP contribution in [0.25, 0.3) is 0 Å². The van der Waals surface area contributed by atoms with E-state index in [1.54, 1.807) is 0 Å². The van der Waals surface area contributed by atoms with Crippen molar-refractivity contribution in [3.8, 4) is 0 Å². The maximum Gasteiger partial charge on any atom is 0.0935 e. The molecule has 14 heavy (non-hydrogen) atoms. The van der Waals surface area contributed by atoms with Crippen LogP contribution in [0.1, 0.15) is 39.5 Å². The van der Waals surface area contributed by atoms with Crippen LogP contribution in [0.4, 0.5) is 4.39 Å². The summed E-state index contributed by atoms with van der Waals surface area (Å²) >= 11 is 0. The SMILES string of the molecule is CC(C)C[C@@]12CCCN1C[C@H](CF)C2. The fourth-order valence-corrected chi connectivity index (χ4v) is 3.60. The molecule has 2 saturated heterocycles. The van der Waals surface area contributed by atoms with Gasteiger partial charge in [-0.2, -0.15) is 0 Å². The van der Waals surface area contributed by atoms with E-state index in [0.29, 0.717) is 11.5 Å². The van der Waals surface area contributed by atoms with E-state index in [9.17, 15) is 4.39 Å². The minimum atomic E-state index is -0.115. The Bertz CT molecular complexity index is 204. The summed E-state index contributed by atoms with van der Waals surface area (Å²) in [7, 11) is 0. The zero-order valence-electron chi connectivity index (χ0n) is 9.43. The van der Waals surface area contributed by atoms with Gasteiger partial charge in [0.15, 0.2) is 0 Å². The molecule has 2 rings (SSSR count). The molecule has 2 atom stereocenters. The summed E-state index contributed by atoms with van der Waals surface area (Å²) in [5.41, 5.74) is 0.394. The van der Waals surface area contributed by atoms with Gasteiger partial charge in [0.2, 0.25) is 0 Å². The molecule has 0 N–H and O–H groups in total. The molecule has 82 valence electrons. The third-order valence-corrected chi connectivity index (χ3v) is 3.89. The van der Waals surface area contributed by atoms with Gasteiger partial charge in [-0.15, -0.1) is 0 Å². The lowest BCUT2D eigenvalue weighted by Crippen LogP contribution is -2.39. The molecule has 0 saturated carbocycles. The Kier molecular flexibility index (Phi) is 2.83. The molecule has 0 aromatic heterocycles. The van der Waals surface area contributed by atoms with E-state index in [0.717, 1.165) is 18.9 Å². The van der Waals surface area contributed by atoms with Gasteiger partial charge in [0.05, 0.1) is 6.67 Å². The Hall–Kier alpha value is -0.110. The van der Waals surface area contributed by atoms with Gasteiger partial charge >= 0.3 is 0 Å². The minimum absolute atomic E-state index is 0.115. The van der Waals surface area contributed by atoms with E-state index < -0.39 is 0 Å². The Morgan fingerprint density at radius 1 is 1.50 bits per heavy atom. The molecule has 2 heterocycles. The minimum Gasteiger partial charge on any atom is -0.297 e. The number of nitrogens with zero attached hydrogens (tertiary/aromatic N) is 1. The highest BCUT2D eigenvalue weighted by atomic mass is 19.1. The van der Waals surface area contributed by atoms with Gasteiger partial charge in [0, 0.05) is 18.0 Å². The number of alkyl halides is 1. The van der Waals surface area contributed by atoms with Gasteiger partial charge in [-0.1, -0.05) is 13.8 Å². The predicted octanol–water partition coefficient (Wildman–Crippen LogP) is 2.86. The zero-order chi connectivity index (χ0) is 10.2. The molecule has 0 aromatic rings. The average Bonchev–Trinajstić information content (AvgIpc) is 2.58. The van der Waals surface area contributed by atoms with Crippen molar-refractivity contribution in [2.45, 2.75) is 45.1 Å². The normalized spacial score (nSPS) is 38.1. The zero-order valence-corrected chi connectivity index (χ0v) is 9.43. The molecule has 0 spiro atoms. The third-order valence-electron chi connectivity index (χ3n) is 3.89. The molecule has 2 aliphatic rings. The van der Waals surface area contributed by atoms with Crippen LogP contribution in [-0.2, 0) is 0 Å². The van der Waals surface area contributed by atoms with Gasteiger partial charge in [0.25, 0.3) is 0 Å². The molecule has 0 radical (unpaired) electrons. The summed E-state index contributed by atoms with van der Waals surface area (Å²) in [6.45, 7) is 6.69. The first-order valence-electron chi connectivity index (χ1n) is 5.97. The van der Waals surface area contributed by atoms with Gasteiger partial charge < -0.3 is 0 Å². The van der Waals surface area contributed by atoms with Crippen molar-refractivity contribution in [1.82, 2.24) is 4.90 Å². The van der Waals surface area contributed by atoms with Crippen LogP contribution in [-0.4, -0.2) is 30.2 Å². The van der Waals surface area contributed by atoms with Crippen molar-refractivity contribution in [2.75, 3.05) is 19.8 Å². The van der Waals surface area contributed by atoms with Crippen LogP contribution in [0.2, 0.25) is 0 Å². The summed E-state index contributed by atoms with van der Waals surface area (Å²) in [6.07, 6.45) is 5.01. The van der Waals surface area contributed by atoms with E-state index in [4.69, 9.17) is 0 Å². The first kappa shape index (κ1) is 10.4. The van der Waals surface area contributed by atoms with Gasteiger partial charge in [-0.05, 0) is 38.1 Å². The fraction of sp³-hybridized carbons (Fsp3) is 1.00. The first-order chi connectivity index (χ1) is 6.66. The van der Waals surface area contributed by atoms with Gasteiger partial charge in [-0.3, -0.25) is 9.29 Å². The van der Waals surface area contributed by atoms with Gasteiger partial charge in [-0.25, -0.2) is 0 Å². The van der Waals surface area contributed by atoms with Crippen molar-refractivity contribution in [3.05, 3.63) is 0 Å². The Morgan fingerprint density at radius 3 is 2.93 bits per heavy atom. The molecule has 1 nitrogen and oxygen atoms in total. The summed E-state index contributed by atoms with van der Waals surface area (Å²) in [5.74, 6) is 1.07. The number of halogens is 1. The van der Waals surface area contributed by atoms with Crippen LogP contribution in [0.15, 0.2) is 0 Å². The first-order valence-corrected chi connectivity index (χ1v) is 5.97. The number of rotatable bonds is 3. The molecule has 0 bridgehead atoms. The Balaban J connectivity index is 2.06. The van der Waals surface area contributed by atoms with E-state index in [2.05, 4.69) is 18.7 Å². The van der Waals surface area contributed by atoms with Crippen molar-refractivity contribution < 1.29 is 4.39 Å². The van der Waals surface area contributed by atoms with Crippen molar-refractivity contribution in [3.63, 3.8) is 0 Å². The lowest BCUT2D eigenvalue weighted by molar-refractivity contribution is 0.163. The molecule has 0 aliphatic carbocycles. The van der Waals surface area contributed by atoms with E-state index >= 15 is 0 Å². The van der Waals surface area contributed by atoms with E-state index in [-0.39, 0.29) is 6.67 Å². The highest BCUT2D eigenvalue weighted by Crippen LogP contribution is 2.45. The standard InChI is InChI=1S/C12H22FN/c1-10(2)6-12-4-3-5-14(12)9-11(7-12)8-13/h10-11H,3-9H2,1-2H3/t11-,12+/m0/s1. The second-order valence-electron chi connectivity index (χ2n) is 5.60. The number of fused-ring (bicyclic) bond motifs is 1. The maximum atomic E-state index is 12.7. The molecule has 2 fully saturated rings. The Labute approximate surface area is 86.7 Å². The molecular formula is C12H22FN. The largest absolute Gasteiger partial charge is 0.297 e.